The molecule has 3 aromatic rings. The predicted molar refractivity (Wildman–Crippen MR) is 133 cm³/mol. The summed E-state index contributed by atoms with van der Waals surface area (Å²) in [4.78, 5) is 17.9. The van der Waals surface area contributed by atoms with Gasteiger partial charge in [-0.05, 0) is 74.8 Å². The average Bonchev–Trinajstić information content (AvgIpc) is 3.30. The number of nitrogens with one attached hydrogen (secondary N) is 1. The Kier molecular flexibility index (Phi) is 8.97. The summed E-state index contributed by atoms with van der Waals surface area (Å²) in [5.41, 5.74) is 5.84. The van der Waals surface area contributed by atoms with Crippen molar-refractivity contribution in [1.82, 2.24) is 20.4 Å². The molecule has 1 atom stereocenters. The second kappa shape index (κ2) is 11.9. The summed E-state index contributed by atoms with van der Waals surface area (Å²) in [5, 5.41) is 25.5. The van der Waals surface area contributed by atoms with E-state index >= 15 is 0 Å². The van der Waals surface area contributed by atoms with Crippen LogP contribution in [0.3, 0.4) is 0 Å². The number of amides is 1. The maximum absolute atomic E-state index is 11.1. The van der Waals surface area contributed by atoms with Gasteiger partial charge in [0.15, 0.2) is 0 Å². The Bertz CT molecular complexity index is 1160. The first-order valence-electron chi connectivity index (χ1n) is 11.6. The van der Waals surface area contributed by atoms with E-state index in [4.69, 9.17) is 14.4 Å². The lowest BCUT2D eigenvalue weighted by atomic mass is 10.0. The SMILES string of the molecule is CCc1cc(-c2noc(-c3ccc(CN(C)C)cc3C)n2)cc(C)c1OC[C@@H](O)CNC(=O)CO. The number of carbonyl (C=O) groups is 1. The third-order valence-corrected chi connectivity index (χ3v) is 5.54. The number of carbonyl (C=O) groups excluding carboxylic acids is 1. The third kappa shape index (κ3) is 6.88. The smallest absolute Gasteiger partial charge is 0.258 e. The molecule has 1 heterocycles. The molecule has 0 spiro atoms. The Balaban J connectivity index is 1.77. The van der Waals surface area contributed by atoms with Gasteiger partial charge in [0.25, 0.3) is 5.89 Å². The molecule has 0 saturated carbocycles. The molecular weight excluding hydrogens is 448 g/mol. The highest BCUT2D eigenvalue weighted by atomic mass is 16.5. The normalized spacial score (nSPS) is 12.1. The number of aliphatic hydroxyl groups is 2. The molecule has 0 aliphatic carbocycles. The highest BCUT2D eigenvalue weighted by Crippen LogP contribution is 2.32. The molecule has 3 N–H and O–H groups in total. The van der Waals surface area contributed by atoms with Crippen LogP contribution in [0.4, 0.5) is 0 Å². The van der Waals surface area contributed by atoms with Gasteiger partial charge in [-0.25, -0.2) is 0 Å². The van der Waals surface area contributed by atoms with Crippen molar-refractivity contribution in [1.29, 1.82) is 0 Å². The summed E-state index contributed by atoms with van der Waals surface area (Å²) in [6.07, 6.45) is -0.195. The van der Waals surface area contributed by atoms with Crippen LogP contribution in [0, 0.1) is 13.8 Å². The van der Waals surface area contributed by atoms with Gasteiger partial charge in [0.1, 0.15) is 25.1 Å². The first-order valence-corrected chi connectivity index (χ1v) is 11.6. The van der Waals surface area contributed by atoms with Gasteiger partial charge >= 0.3 is 0 Å². The number of rotatable bonds is 11. The van der Waals surface area contributed by atoms with E-state index in [2.05, 4.69) is 32.5 Å². The molecule has 9 nitrogen and oxygen atoms in total. The molecule has 9 heteroatoms. The minimum absolute atomic E-state index is 0.000833. The van der Waals surface area contributed by atoms with Crippen LogP contribution in [0.25, 0.3) is 22.8 Å². The number of hydrogen-bond acceptors (Lipinski definition) is 8. The van der Waals surface area contributed by atoms with E-state index < -0.39 is 18.6 Å². The lowest BCUT2D eigenvalue weighted by Crippen LogP contribution is -2.36. The van der Waals surface area contributed by atoms with E-state index in [9.17, 15) is 9.90 Å². The van der Waals surface area contributed by atoms with Crippen molar-refractivity contribution in [2.75, 3.05) is 33.9 Å². The van der Waals surface area contributed by atoms with Crippen molar-refractivity contribution < 1.29 is 24.3 Å². The lowest BCUT2D eigenvalue weighted by Gasteiger charge is -2.17. The first kappa shape index (κ1) is 26.3. The summed E-state index contributed by atoms with van der Waals surface area (Å²) < 4.78 is 11.5. The van der Waals surface area contributed by atoms with Gasteiger partial charge in [0.05, 0.1) is 0 Å². The molecule has 3 rings (SSSR count). The molecule has 0 bridgehead atoms. The number of hydrogen-bond donors (Lipinski definition) is 3. The molecule has 1 aromatic heterocycles. The Morgan fingerprint density at radius 2 is 1.97 bits per heavy atom. The van der Waals surface area contributed by atoms with E-state index in [1.807, 2.05) is 53.1 Å². The zero-order valence-electron chi connectivity index (χ0n) is 21.0. The summed E-state index contributed by atoms with van der Waals surface area (Å²) >= 11 is 0. The number of aromatic nitrogens is 2. The lowest BCUT2D eigenvalue weighted by molar-refractivity contribution is -0.124. The number of aliphatic hydroxyl groups excluding tert-OH is 2. The predicted octanol–water partition coefficient (Wildman–Crippen LogP) is 2.49. The van der Waals surface area contributed by atoms with Gasteiger partial charge in [-0.2, -0.15) is 4.98 Å². The number of benzene rings is 2. The van der Waals surface area contributed by atoms with E-state index in [0.717, 1.165) is 34.4 Å². The Hall–Kier alpha value is -3.27. The summed E-state index contributed by atoms with van der Waals surface area (Å²) in [7, 11) is 4.08. The third-order valence-electron chi connectivity index (χ3n) is 5.54. The molecule has 0 unspecified atom stereocenters. The van der Waals surface area contributed by atoms with Crippen LogP contribution in [0.1, 0.15) is 29.2 Å². The summed E-state index contributed by atoms with van der Waals surface area (Å²) in [5.74, 6) is 1.10. The number of nitrogens with zero attached hydrogens (tertiary/aromatic N) is 3. The fourth-order valence-corrected chi connectivity index (χ4v) is 3.85. The molecule has 0 aliphatic rings. The van der Waals surface area contributed by atoms with Crippen LogP contribution in [0.15, 0.2) is 34.9 Å². The van der Waals surface area contributed by atoms with E-state index in [0.29, 0.717) is 23.9 Å². The Morgan fingerprint density at radius 3 is 2.63 bits per heavy atom. The van der Waals surface area contributed by atoms with Gasteiger partial charge in [-0.3, -0.25) is 4.79 Å². The summed E-state index contributed by atoms with van der Waals surface area (Å²) in [6.45, 7) is 6.22. The van der Waals surface area contributed by atoms with Crippen LogP contribution in [0.2, 0.25) is 0 Å². The zero-order valence-corrected chi connectivity index (χ0v) is 21.0. The Labute approximate surface area is 205 Å². The van der Waals surface area contributed by atoms with Crippen LogP contribution >= 0.6 is 0 Å². The fraction of sp³-hybridized carbons (Fsp3) is 0.423. The molecule has 0 saturated heterocycles. The number of ether oxygens (including phenoxy) is 1. The van der Waals surface area contributed by atoms with Gasteiger partial charge in [0.2, 0.25) is 11.7 Å². The minimum atomic E-state index is -0.901. The van der Waals surface area contributed by atoms with Gasteiger partial charge < -0.3 is 29.7 Å². The summed E-state index contributed by atoms with van der Waals surface area (Å²) in [6, 6.07) is 10.1. The molecule has 35 heavy (non-hydrogen) atoms. The van der Waals surface area contributed by atoms with E-state index in [1.54, 1.807) is 0 Å². The standard InChI is InChI=1S/C26H34N4O5/c1-6-19-11-20(10-17(3)24(19)34-15-21(32)12-27-23(33)14-31)25-28-26(35-29-25)22-8-7-18(9-16(22)2)13-30(4)5/h7-11,21,31-32H,6,12-15H2,1-5H3,(H,27,33)/t21-/m0/s1. The molecular formula is C26H34N4O5. The fourth-order valence-electron chi connectivity index (χ4n) is 3.85. The van der Waals surface area contributed by atoms with Crippen LogP contribution in [-0.4, -0.2) is 71.1 Å². The van der Waals surface area contributed by atoms with Crippen LogP contribution < -0.4 is 10.1 Å². The second-order valence-electron chi connectivity index (χ2n) is 8.87. The highest BCUT2D eigenvalue weighted by Gasteiger charge is 2.17. The van der Waals surface area contributed by atoms with Gasteiger partial charge in [-0.15, -0.1) is 0 Å². The van der Waals surface area contributed by atoms with Crippen molar-refractivity contribution in [3.05, 3.63) is 52.6 Å². The van der Waals surface area contributed by atoms with Crippen LogP contribution in [0.5, 0.6) is 5.75 Å². The maximum Gasteiger partial charge on any atom is 0.258 e. The highest BCUT2D eigenvalue weighted by molar-refractivity contribution is 5.76. The average molecular weight is 483 g/mol. The molecule has 188 valence electrons. The van der Waals surface area contributed by atoms with E-state index in [1.165, 1.54) is 5.56 Å². The Morgan fingerprint density at radius 1 is 1.20 bits per heavy atom. The zero-order chi connectivity index (χ0) is 25.5. The molecule has 0 fully saturated rings. The minimum Gasteiger partial charge on any atom is -0.490 e. The van der Waals surface area contributed by atoms with Gasteiger partial charge in [0, 0.05) is 24.2 Å². The van der Waals surface area contributed by atoms with Crippen molar-refractivity contribution in [3.63, 3.8) is 0 Å². The van der Waals surface area contributed by atoms with Crippen molar-refractivity contribution in [3.8, 4) is 28.6 Å². The van der Waals surface area contributed by atoms with Gasteiger partial charge in [-0.1, -0.05) is 24.2 Å². The second-order valence-corrected chi connectivity index (χ2v) is 8.87. The number of aryl methyl sites for hydroxylation is 3. The topological polar surface area (TPSA) is 121 Å². The van der Waals surface area contributed by atoms with E-state index in [-0.39, 0.29) is 13.2 Å². The molecule has 2 aromatic carbocycles. The van der Waals surface area contributed by atoms with Crippen molar-refractivity contribution in [2.24, 2.45) is 0 Å². The molecule has 0 radical (unpaired) electrons. The van der Waals surface area contributed by atoms with Crippen LogP contribution in [-0.2, 0) is 17.8 Å². The first-order chi connectivity index (χ1) is 16.7. The molecule has 0 aliphatic heterocycles. The quantitative estimate of drug-likeness (QED) is 0.381. The van der Waals surface area contributed by atoms with Crippen molar-refractivity contribution in [2.45, 2.75) is 39.8 Å². The molecule has 1 amide bonds. The van der Waals surface area contributed by atoms with Crippen molar-refractivity contribution >= 4 is 5.91 Å². The largest absolute Gasteiger partial charge is 0.490 e. The maximum atomic E-state index is 11.1. The monoisotopic (exact) mass is 482 g/mol.